The average molecular weight is 258 g/mol. The van der Waals surface area contributed by atoms with E-state index in [0.717, 1.165) is 6.42 Å². The van der Waals surface area contributed by atoms with E-state index in [0.29, 0.717) is 32.5 Å². The molecule has 6 heteroatoms. The van der Waals surface area contributed by atoms with Crippen LogP contribution in [0.3, 0.4) is 0 Å². The van der Waals surface area contributed by atoms with E-state index in [1.807, 2.05) is 6.92 Å². The van der Waals surface area contributed by atoms with Crippen LogP contribution in [0.15, 0.2) is 0 Å². The largest absolute Gasteiger partial charge is 0.481 e. The zero-order valence-electron chi connectivity index (χ0n) is 10.8. The summed E-state index contributed by atoms with van der Waals surface area (Å²) in [6, 6.07) is -0.170. The van der Waals surface area contributed by atoms with Crippen LogP contribution in [0.5, 0.6) is 0 Å². The second-order valence-electron chi connectivity index (χ2n) is 4.86. The zero-order valence-corrected chi connectivity index (χ0v) is 10.8. The predicted octanol–water partition coefficient (Wildman–Crippen LogP) is 0.654. The predicted molar refractivity (Wildman–Crippen MR) is 66.2 cm³/mol. The highest BCUT2D eigenvalue weighted by Crippen LogP contribution is 2.16. The van der Waals surface area contributed by atoms with Crippen LogP contribution in [-0.2, 0) is 4.79 Å². The fraction of sp³-hybridized carbons (Fsp3) is 0.833. The number of carboxylic acid groups (broad SMARTS) is 1. The molecule has 1 heterocycles. The van der Waals surface area contributed by atoms with Crippen molar-refractivity contribution in [2.45, 2.75) is 38.7 Å². The topological polar surface area (TPSA) is 89.9 Å². The third kappa shape index (κ3) is 4.91. The lowest BCUT2D eigenvalue weighted by Gasteiger charge is -2.34. The van der Waals surface area contributed by atoms with Crippen molar-refractivity contribution in [2.24, 2.45) is 5.92 Å². The molecule has 6 nitrogen and oxygen atoms in total. The third-order valence-corrected chi connectivity index (χ3v) is 3.30. The molecule has 0 saturated carbocycles. The lowest BCUT2D eigenvalue weighted by Crippen LogP contribution is -2.49. The van der Waals surface area contributed by atoms with Gasteiger partial charge in [0.25, 0.3) is 0 Å². The Morgan fingerprint density at radius 3 is 2.72 bits per heavy atom. The monoisotopic (exact) mass is 258 g/mol. The number of aliphatic carboxylic acids is 1. The Morgan fingerprint density at radius 1 is 1.39 bits per heavy atom. The highest BCUT2D eigenvalue weighted by molar-refractivity contribution is 5.74. The van der Waals surface area contributed by atoms with E-state index < -0.39 is 12.1 Å². The van der Waals surface area contributed by atoms with E-state index in [4.69, 9.17) is 5.11 Å². The maximum absolute atomic E-state index is 11.7. The van der Waals surface area contributed by atoms with Gasteiger partial charge in [0, 0.05) is 26.1 Å². The van der Waals surface area contributed by atoms with Gasteiger partial charge in [0.05, 0.1) is 6.10 Å². The molecule has 1 fully saturated rings. The van der Waals surface area contributed by atoms with Crippen molar-refractivity contribution >= 4 is 12.0 Å². The van der Waals surface area contributed by atoms with Gasteiger partial charge in [0.1, 0.15) is 0 Å². The molecule has 1 aliphatic rings. The van der Waals surface area contributed by atoms with Crippen molar-refractivity contribution < 1.29 is 19.8 Å². The Hall–Kier alpha value is -1.30. The summed E-state index contributed by atoms with van der Waals surface area (Å²) in [5, 5.41) is 20.9. The number of carbonyl (C=O) groups excluding carboxylic acids is 1. The molecule has 1 saturated heterocycles. The molecule has 0 bridgehead atoms. The van der Waals surface area contributed by atoms with Crippen LogP contribution >= 0.6 is 0 Å². The summed E-state index contributed by atoms with van der Waals surface area (Å²) in [7, 11) is 0. The molecule has 0 spiro atoms. The van der Waals surface area contributed by atoms with Crippen LogP contribution < -0.4 is 5.32 Å². The zero-order chi connectivity index (χ0) is 13.5. The molecule has 104 valence electrons. The van der Waals surface area contributed by atoms with Gasteiger partial charge in [-0.3, -0.25) is 4.79 Å². The summed E-state index contributed by atoms with van der Waals surface area (Å²) in [6.07, 6.45) is 1.72. The standard InChI is InChI=1S/C12H22N2O4/c1-9-5-7-14(8-10(9)15)12(18)13-6-3-2-4-11(16)17/h9-10,15H,2-8H2,1H3,(H,13,18)(H,16,17). The van der Waals surface area contributed by atoms with E-state index in [1.165, 1.54) is 0 Å². The summed E-state index contributed by atoms with van der Waals surface area (Å²) < 4.78 is 0. The molecule has 1 aliphatic heterocycles. The van der Waals surface area contributed by atoms with Crippen molar-refractivity contribution in [1.82, 2.24) is 10.2 Å². The van der Waals surface area contributed by atoms with Gasteiger partial charge in [-0.2, -0.15) is 0 Å². The minimum Gasteiger partial charge on any atom is -0.481 e. The minimum absolute atomic E-state index is 0.135. The van der Waals surface area contributed by atoms with Crippen LogP contribution in [0.1, 0.15) is 32.6 Å². The van der Waals surface area contributed by atoms with Crippen LogP contribution in [0.25, 0.3) is 0 Å². The number of hydrogen-bond acceptors (Lipinski definition) is 3. The SMILES string of the molecule is CC1CCN(C(=O)NCCCCC(=O)O)CC1O. The minimum atomic E-state index is -0.811. The van der Waals surface area contributed by atoms with E-state index in [9.17, 15) is 14.7 Å². The van der Waals surface area contributed by atoms with E-state index in [-0.39, 0.29) is 18.4 Å². The average Bonchev–Trinajstić information content (AvgIpc) is 2.31. The van der Waals surface area contributed by atoms with Crippen molar-refractivity contribution in [1.29, 1.82) is 0 Å². The Labute approximate surface area is 107 Å². The van der Waals surface area contributed by atoms with Gasteiger partial charge < -0.3 is 20.4 Å². The lowest BCUT2D eigenvalue weighted by molar-refractivity contribution is -0.137. The summed E-state index contributed by atoms with van der Waals surface area (Å²) in [5.41, 5.74) is 0. The van der Waals surface area contributed by atoms with Crippen molar-refractivity contribution in [2.75, 3.05) is 19.6 Å². The molecule has 0 aromatic rings. The van der Waals surface area contributed by atoms with Gasteiger partial charge in [-0.1, -0.05) is 6.92 Å². The number of carbonyl (C=O) groups is 2. The number of hydrogen-bond donors (Lipinski definition) is 3. The van der Waals surface area contributed by atoms with Gasteiger partial charge >= 0.3 is 12.0 Å². The highest BCUT2D eigenvalue weighted by Gasteiger charge is 2.26. The highest BCUT2D eigenvalue weighted by atomic mass is 16.4. The maximum atomic E-state index is 11.7. The summed E-state index contributed by atoms with van der Waals surface area (Å²) in [6.45, 7) is 3.50. The normalized spacial score (nSPS) is 23.8. The molecule has 18 heavy (non-hydrogen) atoms. The van der Waals surface area contributed by atoms with Gasteiger partial charge in [-0.05, 0) is 25.2 Å². The van der Waals surface area contributed by atoms with E-state index in [2.05, 4.69) is 5.32 Å². The number of rotatable bonds is 5. The number of β-amino-alcohol motifs (C(OH)–C–C–N with tert-alkyl or cyclic N) is 1. The molecule has 0 aromatic heterocycles. The number of urea groups is 1. The number of aliphatic hydroxyl groups is 1. The van der Waals surface area contributed by atoms with Crippen LogP contribution in [-0.4, -0.2) is 52.9 Å². The second-order valence-corrected chi connectivity index (χ2v) is 4.86. The first-order valence-corrected chi connectivity index (χ1v) is 6.43. The molecule has 2 atom stereocenters. The van der Waals surface area contributed by atoms with Crippen LogP contribution in [0, 0.1) is 5.92 Å². The first-order chi connectivity index (χ1) is 8.50. The van der Waals surface area contributed by atoms with Crippen molar-refractivity contribution in [3.8, 4) is 0 Å². The van der Waals surface area contributed by atoms with Gasteiger partial charge in [0.15, 0.2) is 0 Å². The number of nitrogens with one attached hydrogen (secondary N) is 1. The molecule has 3 N–H and O–H groups in total. The molecule has 0 aromatic carbocycles. The Balaban J connectivity index is 2.15. The molecule has 2 amide bonds. The number of carboxylic acids is 1. The smallest absolute Gasteiger partial charge is 0.317 e. The Bertz CT molecular complexity index is 296. The number of aliphatic hydroxyl groups excluding tert-OH is 1. The molecule has 0 radical (unpaired) electrons. The molecule has 2 unspecified atom stereocenters. The third-order valence-electron chi connectivity index (χ3n) is 3.30. The summed E-state index contributed by atoms with van der Waals surface area (Å²) in [4.78, 5) is 23.6. The Kier molecular flexibility index (Phi) is 5.91. The van der Waals surface area contributed by atoms with E-state index >= 15 is 0 Å². The Morgan fingerprint density at radius 2 is 2.11 bits per heavy atom. The first kappa shape index (κ1) is 14.8. The molecule has 0 aliphatic carbocycles. The molecular formula is C12H22N2O4. The summed E-state index contributed by atoms with van der Waals surface area (Å²) >= 11 is 0. The quantitative estimate of drug-likeness (QED) is 0.632. The fourth-order valence-corrected chi connectivity index (χ4v) is 1.94. The van der Waals surface area contributed by atoms with E-state index in [1.54, 1.807) is 4.90 Å². The molecular weight excluding hydrogens is 236 g/mol. The first-order valence-electron chi connectivity index (χ1n) is 6.43. The van der Waals surface area contributed by atoms with Crippen LogP contribution in [0.2, 0.25) is 0 Å². The summed E-state index contributed by atoms with van der Waals surface area (Å²) in [5.74, 6) is -0.570. The van der Waals surface area contributed by atoms with Gasteiger partial charge in [-0.15, -0.1) is 0 Å². The van der Waals surface area contributed by atoms with Crippen LogP contribution in [0.4, 0.5) is 4.79 Å². The number of amides is 2. The van der Waals surface area contributed by atoms with Crippen molar-refractivity contribution in [3.63, 3.8) is 0 Å². The molecule has 1 rings (SSSR count). The number of unbranched alkanes of at least 4 members (excludes halogenated alkanes) is 1. The van der Waals surface area contributed by atoms with Gasteiger partial charge in [0.2, 0.25) is 0 Å². The lowest BCUT2D eigenvalue weighted by atomic mass is 9.96. The number of likely N-dealkylation sites (tertiary alicyclic amines) is 1. The fourth-order valence-electron chi connectivity index (χ4n) is 1.94. The number of nitrogens with zero attached hydrogens (tertiary/aromatic N) is 1. The van der Waals surface area contributed by atoms with Crippen molar-refractivity contribution in [3.05, 3.63) is 0 Å². The number of piperidine rings is 1. The second kappa shape index (κ2) is 7.20. The maximum Gasteiger partial charge on any atom is 0.317 e. The van der Waals surface area contributed by atoms with Gasteiger partial charge in [-0.25, -0.2) is 4.79 Å².